The van der Waals surface area contributed by atoms with Crippen LogP contribution in [0.4, 0.5) is 37.8 Å². The zero-order valence-corrected chi connectivity index (χ0v) is 23.5. The van der Waals surface area contributed by atoms with Crippen molar-refractivity contribution in [3.8, 4) is 11.1 Å². The van der Waals surface area contributed by atoms with Gasteiger partial charge in [-0.15, -0.1) is 0 Å². The second-order valence-electron chi connectivity index (χ2n) is 10.6. The molecule has 6 nitrogen and oxygen atoms in total. The van der Waals surface area contributed by atoms with Crippen LogP contribution in [-0.4, -0.2) is 53.4 Å². The number of aliphatic hydroxyl groups is 2. The van der Waals surface area contributed by atoms with Gasteiger partial charge in [-0.25, -0.2) is 4.98 Å². The molecular weight excluding hydrogens is 588 g/mol. The molecule has 0 spiro atoms. The number of halogens is 7. The Hall–Kier alpha value is -3.35. The van der Waals surface area contributed by atoms with Gasteiger partial charge in [0.1, 0.15) is 5.82 Å². The van der Waals surface area contributed by atoms with Gasteiger partial charge in [0.05, 0.1) is 47.2 Å². The molecular formula is C29H28ClF6N3O3. The van der Waals surface area contributed by atoms with Crippen LogP contribution in [0.25, 0.3) is 11.1 Å². The molecule has 0 saturated carbocycles. The van der Waals surface area contributed by atoms with Gasteiger partial charge in [0.25, 0.3) is 0 Å². The van der Waals surface area contributed by atoms with Gasteiger partial charge < -0.3 is 20.0 Å². The molecule has 4 rings (SSSR count). The fourth-order valence-electron chi connectivity index (χ4n) is 5.07. The first kappa shape index (κ1) is 31.6. The molecule has 2 unspecified atom stereocenters. The third-order valence-electron chi connectivity index (χ3n) is 7.53. The van der Waals surface area contributed by atoms with Crippen LogP contribution in [0.2, 0.25) is 5.02 Å². The highest BCUT2D eigenvalue weighted by Crippen LogP contribution is 2.42. The standard InChI is InChI=1S/C29H28ClF6N3O3/c1-27(2,16-10-17(28(31,32)33)12-18(11-16)29(34,35)36)26(42)38(3)22-14-37-25(39-9-8-24(41)23(39)15-40)13-20(22)19-6-4-5-7-21(19)30/h4-7,10-14,23-24,40-41H,8-9,15H2,1-3H3. The van der Waals surface area contributed by atoms with Crippen LogP contribution in [0.5, 0.6) is 0 Å². The molecule has 3 aromatic rings. The van der Waals surface area contributed by atoms with E-state index in [2.05, 4.69) is 4.98 Å². The van der Waals surface area contributed by atoms with Crippen molar-refractivity contribution >= 4 is 29.0 Å². The predicted octanol–water partition coefficient (Wildman–Crippen LogP) is 6.31. The number of carbonyl (C=O) groups is 1. The summed E-state index contributed by atoms with van der Waals surface area (Å²) >= 11 is 6.48. The molecule has 1 aromatic heterocycles. The second kappa shape index (κ2) is 11.4. The number of aromatic nitrogens is 1. The zero-order chi connectivity index (χ0) is 31.2. The molecule has 42 heavy (non-hydrogen) atoms. The summed E-state index contributed by atoms with van der Waals surface area (Å²) < 4.78 is 81.3. The minimum atomic E-state index is -5.08. The zero-order valence-electron chi connectivity index (χ0n) is 22.8. The van der Waals surface area contributed by atoms with E-state index < -0.39 is 52.5 Å². The average molecular weight is 616 g/mol. The number of benzene rings is 2. The highest BCUT2D eigenvalue weighted by atomic mass is 35.5. The van der Waals surface area contributed by atoms with E-state index in [4.69, 9.17) is 11.6 Å². The SMILES string of the molecule is CN(C(=O)C(C)(C)c1cc(C(F)(F)F)cc(C(F)(F)F)c1)c1cnc(N2CCC(O)C2CO)cc1-c1ccccc1Cl. The van der Waals surface area contributed by atoms with E-state index in [9.17, 15) is 41.4 Å². The molecule has 13 heteroatoms. The van der Waals surface area contributed by atoms with E-state index in [-0.39, 0.29) is 18.4 Å². The summed E-state index contributed by atoms with van der Waals surface area (Å²) in [6.07, 6.45) is -9.21. The molecule has 1 fully saturated rings. The number of alkyl halides is 6. The van der Waals surface area contributed by atoms with Crippen molar-refractivity contribution in [2.24, 2.45) is 0 Å². The lowest BCUT2D eigenvalue weighted by molar-refractivity contribution is -0.143. The molecule has 2 heterocycles. The number of rotatable bonds is 6. The number of aliphatic hydroxyl groups excluding tert-OH is 2. The first-order valence-electron chi connectivity index (χ1n) is 12.9. The Morgan fingerprint density at radius 2 is 1.57 bits per heavy atom. The molecule has 1 aliphatic heterocycles. The predicted molar refractivity (Wildman–Crippen MR) is 146 cm³/mol. The maximum absolute atomic E-state index is 13.9. The minimum Gasteiger partial charge on any atom is -0.394 e. The first-order valence-corrected chi connectivity index (χ1v) is 13.2. The van der Waals surface area contributed by atoms with Gasteiger partial charge in [0.15, 0.2) is 0 Å². The summed E-state index contributed by atoms with van der Waals surface area (Å²) in [5, 5.41) is 20.4. The van der Waals surface area contributed by atoms with Gasteiger partial charge in [-0.3, -0.25) is 4.79 Å². The molecule has 0 bridgehead atoms. The fourth-order valence-corrected chi connectivity index (χ4v) is 5.30. The van der Waals surface area contributed by atoms with Gasteiger partial charge in [0.2, 0.25) is 5.91 Å². The second-order valence-corrected chi connectivity index (χ2v) is 11.0. The van der Waals surface area contributed by atoms with Crippen LogP contribution in [0.3, 0.4) is 0 Å². The van der Waals surface area contributed by atoms with Crippen LogP contribution in [-0.2, 0) is 22.6 Å². The van der Waals surface area contributed by atoms with Gasteiger partial charge in [-0.2, -0.15) is 26.3 Å². The van der Waals surface area contributed by atoms with E-state index in [0.29, 0.717) is 47.1 Å². The van der Waals surface area contributed by atoms with Crippen molar-refractivity contribution in [2.75, 3.05) is 30.0 Å². The van der Waals surface area contributed by atoms with Crippen molar-refractivity contribution in [3.05, 3.63) is 76.4 Å². The third-order valence-corrected chi connectivity index (χ3v) is 7.86. The Morgan fingerprint density at radius 1 is 1.00 bits per heavy atom. The Bertz CT molecular complexity index is 1450. The summed E-state index contributed by atoms with van der Waals surface area (Å²) in [4.78, 5) is 21.1. The Kier molecular flexibility index (Phi) is 8.56. The van der Waals surface area contributed by atoms with Crippen molar-refractivity contribution < 1.29 is 41.4 Å². The molecule has 1 aliphatic rings. The quantitative estimate of drug-likeness (QED) is 0.318. The van der Waals surface area contributed by atoms with E-state index in [0.717, 1.165) is 4.90 Å². The number of pyridine rings is 1. The Morgan fingerprint density at radius 3 is 2.12 bits per heavy atom. The van der Waals surface area contributed by atoms with Gasteiger partial charge >= 0.3 is 12.4 Å². The lowest BCUT2D eigenvalue weighted by Crippen LogP contribution is -2.42. The van der Waals surface area contributed by atoms with Crippen LogP contribution in [0, 0.1) is 0 Å². The van der Waals surface area contributed by atoms with Crippen molar-refractivity contribution in [2.45, 2.75) is 50.2 Å². The van der Waals surface area contributed by atoms with E-state index >= 15 is 0 Å². The molecule has 0 radical (unpaired) electrons. The highest BCUT2D eigenvalue weighted by molar-refractivity contribution is 6.33. The van der Waals surface area contributed by atoms with Gasteiger partial charge in [-0.05, 0) is 56.2 Å². The fraction of sp³-hybridized carbons (Fsp3) is 0.379. The normalized spacial score (nSPS) is 18.0. The van der Waals surface area contributed by atoms with Crippen LogP contribution in [0.1, 0.15) is 37.0 Å². The average Bonchev–Trinajstić information content (AvgIpc) is 3.31. The Balaban J connectivity index is 1.82. The molecule has 226 valence electrons. The third kappa shape index (κ3) is 6.06. The number of carbonyl (C=O) groups excluding carboxylic acids is 1. The summed E-state index contributed by atoms with van der Waals surface area (Å²) in [7, 11) is 1.34. The molecule has 1 amide bonds. The van der Waals surface area contributed by atoms with Crippen molar-refractivity contribution in [3.63, 3.8) is 0 Å². The molecule has 1 saturated heterocycles. The number of anilines is 2. The molecule has 2 N–H and O–H groups in total. The van der Waals surface area contributed by atoms with E-state index in [1.54, 1.807) is 35.2 Å². The monoisotopic (exact) mass is 615 g/mol. The van der Waals surface area contributed by atoms with Crippen molar-refractivity contribution in [1.82, 2.24) is 4.98 Å². The van der Waals surface area contributed by atoms with E-state index in [1.165, 1.54) is 27.1 Å². The number of hydrogen-bond acceptors (Lipinski definition) is 5. The largest absolute Gasteiger partial charge is 0.416 e. The summed E-state index contributed by atoms with van der Waals surface area (Å²) in [6.45, 7) is 2.54. The van der Waals surface area contributed by atoms with Gasteiger partial charge in [0, 0.05) is 29.7 Å². The van der Waals surface area contributed by atoms with Crippen LogP contribution >= 0.6 is 11.6 Å². The highest BCUT2D eigenvalue weighted by Gasteiger charge is 2.41. The van der Waals surface area contributed by atoms with Gasteiger partial charge in [-0.1, -0.05) is 29.8 Å². The molecule has 2 aromatic carbocycles. The first-order chi connectivity index (χ1) is 19.5. The van der Waals surface area contributed by atoms with Crippen LogP contribution in [0.15, 0.2) is 54.7 Å². The number of likely N-dealkylation sites (N-methyl/N-ethyl adjacent to an activating group) is 1. The van der Waals surface area contributed by atoms with E-state index in [1.807, 2.05) is 0 Å². The molecule has 0 aliphatic carbocycles. The smallest absolute Gasteiger partial charge is 0.394 e. The lowest BCUT2D eigenvalue weighted by atomic mass is 9.81. The summed E-state index contributed by atoms with van der Waals surface area (Å²) in [6, 6.07) is 8.79. The number of hydrogen-bond donors (Lipinski definition) is 2. The summed E-state index contributed by atoms with van der Waals surface area (Å²) in [5.41, 5.74) is -4.29. The van der Waals surface area contributed by atoms with Crippen molar-refractivity contribution in [1.29, 1.82) is 0 Å². The minimum absolute atomic E-state index is 0.0147. The number of nitrogens with zero attached hydrogens (tertiary/aromatic N) is 3. The topological polar surface area (TPSA) is 76.9 Å². The maximum atomic E-state index is 13.9. The number of amides is 1. The lowest BCUT2D eigenvalue weighted by Gasteiger charge is -2.32. The molecule has 2 atom stereocenters. The summed E-state index contributed by atoms with van der Waals surface area (Å²) in [5.74, 6) is -0.431. The van der Waals surface area contributed by atoms with Crippen LogP contribution < -0.4 is 9.80 Å². The Labute approximate surface area is 243 Å². The maximum Gasteiger partial charge on any atom is 0.416 e.